The van der Waals surface area contributed by atoms with Gasteiger partial charge in [0.1, 0.15) is 4.90 Å². The molecule has 6 nitrogen and oxygen atoms in total. The number of halogens is 3. The van der Waals surface area contributed by atoms with Gasteiger partial charge in [0.05, 0.1) is 12.7 Å². The third-order valence-corrected chi connectivity index (χ3v) is 6.80. The number of aromatic nitrogens is 1. The molecule has 0 unspecified atom stereocenters. The number of rotatable bonds is 4. The van der Waals surface area contributed by atoms with E-state index in [9.17, 15) is 21.6 Å². The Kier molecular flexibility index (Phi) is 4.49. The first-order valence-electron chi connectivity index (χ1n) is 8.64. The zero-order chi connectivity index (χ0) is 18.5. The van der Waals surface area contributed by atoms with E-state index in [1.54, 1.807) is 0 Å². The molecule has 3 heterocycles. The van der Waals surface area contributed by atoms with Crippen molar-refractivity contribution in [3.63, 3.8) is 0 Å². The van der Waals surface area contributed by atoms with Gasteiger partial charge in [-0.3, -0.25) is 9.88 Å². The highest BCUT2D eigenvalue weighted by Crippen LogP contribution is 2.38. The fourth-order valence-electron chi connectivity index (χ4n) is 3.84. The van der Waals surface area contributed by atoms with Gasteiger partial charge in [-0.1, -0.05) is 0 Å². The molecular formula is C16H20F3N3O3S. The van der Waals surface area contributed by atoms with Crippen LogP contribution in [0.4, 0.5) is 13.2 Å². The second-order valence-electron chi connectivity index (χ2n) is 7.22. The quantitative estimate of drug-likeness (QED) is 0.845. The smallest absolute Gasteiger partial charge is 0.375 e. The average Bonchev–Trinajstić information content (AvgIpc) is 3.34. The van der Waals surface area contributed by atoms with Crippen molar-refractivity contribution in [1.82, 2.24) is 14.6 Å². The molecule has 1 aliphatic carbocycles. The number of morpholine rings is 1. The normalized spacial score (nSPS) is 30.3. The summed E-state index contributed by atoms with van der Waals surface area (Å²) < 4.78 is 72.6. The number of fused-ring (bicyclic) bond motifs is 1. The molecule has 0 aromatic carbocycles. The molecule has 10 heteroatoms. The van der Waals surface area contributed by atoms with Gasteiger partial charge >= 0.3 is 6.18 Å². The van der Waals surface area contributed by atoms with E-state index < -0.39 is 32.8 Å². The molecule has 1 N–H and O–H groups in total. The standard InChI is InChI=1S/C16H20F3N3O3S/c17-16(18,19)15-14(2-1-5-20-15)26(23,24)21-11-6-12-9-25-13(10-3-4-10)8-22(12)7-11/h1-2,5,10-13,21H,3-4,6-9H2/t11-,12+,13-/m1/s1. The minimum absolute atomic E-state index is 0.105. The van der Waals surface area contributed by atoms with Crippen LogP contribution in [0.25, 0.3) is 0 Å². The van der Waals surface area contributed by atoms with Crippen LogP contribution in [0.1, 0.15) is 25.0 Å². The topological polar surface area (TPSA) is 71.5 Å². The van der Waals surface area contributed by atoms with Crippen LogP contribution in [0, 0.1) is 5.92 Å². The molecule has 26 heavy (non-hydrogen) atoms. The summed E-state index contributed by atoms with van der Waals surface area (Å²) in [5.74, 6) is 0.594. The fourth-order valence-corrected chi connectivity index (χ4v) is 5.26. The maximum Gasteiger partial charge on any atom is 0.434 e. The minimum Gasteiger partial charge on any atom is -0.375 e. The van der Waals surface area contributed by atoms with Gasteiger partial charge in [0.15, 0.2) is 5.69 Å². The summed E-state index contributed by atoms with van der Waals surface area (Å²) in [6.07, 6.45) is -0.840. The second kappa shape index (κ2) is 6.43. The van der Waals surface area contributed by atoms with Crippen LogP contribution in [0.2, 0.25) is 0 Å². The first-order valence-corrected chi connectivity index (χ1v) is 10.1. The van der Waals surface area contributed by atoms with Crippen LogP contribution < -0.4 is 4.72 Å². The zero-order valence-electron chi connectivity index (χ0n) is 13.9. The number of nitrogens with zero attached hydrogens (tertiary/aromatic N) is 2. The number of ether oxygens (including phenoxy) is 1. The Bertz CT molecular complexity index is 782. The van der Waals surface area contributed by atoms with Gasteiger partial charge in [0, 0.05) is 31.4 Å². The third kappa shape index (κ3) is 3.60. The van der Waals surface area contributed by atoms with Crippen LogP contribution in [0.3, 0.4) is 0 Å². The second-order valence-corrected chi connectivity index (χ2v) is 8.90. The first-order chi connectivity index (χ1) is 12.2. The number of hydrogen-bond donors (Lipinski definition) is 1. The fraction of sp³-hybridized carbons (Fsp3) is 0.688. The van der Waals surface area contributed by atoms with E-state index >= 15 is 0 Å². The van der Waals surface area contributed by atoms with Crippen molar-refractivity contribution < 1.29 is 26.3 Å². The van der Waals surface area contributed by atoms with Gasteiger partial charge in [-0.05, 0) is 37.3 Å². The SMILES string of the molecule is O=S(=O)(N[C@@H]1C[C@H]2CO[C@@H](C3CC3)CN2C1)c1cccnc1C(F)(F)F. The molecule has 0 radical (unpaired) electrons. The lowest BCUT2D eigenvalue weighted by molar-refractivity contribution is -0.143. The molecule has 3 aliphatic rings. The highest BCUT2D eigenvalue weighted by molar-refractivity contribution is 7.89. The summed E-state index contributed by atoms with van der Waals surface area (Å²) in [6, 6.07) is 1.80. The molecule has 4 rings (SSSR count). The summed E-state index contributed by atoms with van der Waals surface area (Å²) in [4.78, 5) is 4.58. The first kappa shape index (κ1) is 18.1. The summed E-state index contributed by atoms with van der Waals surface area (Å²) in [7, 11) is -4.32. The zero-order valence-corrected chi connectivity index (χ0v) is 14.8. The van der Waals surface area contributed by atoms with Gasteiger partial charge in [0.25, 0.3) is 0 Å². The van der Waals surface area contributed by atoms with Gasteiger partial charge in [-0.25, -0.2) is 13.1 Å². The van der Waals surface area contributed by atoms with Crippen LogP contribution >= 0.6 is 0 Å². The lowest BCUT2D eigenvalue weighted by atomic mass is 10.1. The monoisotopic (exact) mass is 391 g/mol. The predicted octanol–water partition coefficient (Wildman–Crippen LogP) is 1.63. The summed E-state index contributed by atoms with van der Waals surface area (Å²) in [6.45, 7) is 1.78. The van der Waals surface area contributed by atoms with Crippen LogP contribution in [-0.2, 0) is 20.9 Å². The molecule has 1 aromatic rings. The Morgan fingerprint density at radius 2 is 2.04 bits per heavy atom. The Morgan fingerprint density at radius 3 is 2.73 bits per heavy atom. The number of sulfonamides is 1. The largest absolute Gasteiger partial charge is 0.434 e. The van der Waals surface area contributed by atoms with E-state index in [4.69, 9.17) is 4.74 Å². The molecule has 1 saturated carbocycles. The average molecular weight is 391 g/mol. The molecule has 2 saturated heterocycles. The summed E-state index contributed by atoms with van der Waals surface area (Å²) in [5.41, 5.74) is -1.39. The molecule has 3 fully saturated rings. The number of pyridine rings is 1. The van der Waals surface area contributed by atoms with Gasteiger partial charge < -0.3 is 4.74 Å². The highest BCUT2D eigenvalue weighted by atomic mass is 32.2. The van der Waals surface area contributed by atoms with Crippen LogP contribution in [-0.4, -0.2) is 56.2 Å². The molecule has 1 aromatic heterocycles. The number of hydrogen-bond acceptors (Lipinski definition) is 5. The van der Waals surface area contributed by atoms with E-state index in [2.05, 4.69) is 14.6 Å². The van der Waals surface area contributed by atoms with E-state index in [-0.39, 0.29) is 12.1 Å². The van der Waals surface area contributed by atoms with Crippen molar-refractivity contribution in [2.75, 3.05) is 19.7 Å². The van der Waals surface area contributed by atoms with E-state index in [0.717, 1.165) is 18.8 Å². The third-order valence-electron chi connectivity index (χ3n) is 5.24. The van der Waals surface area contributed by atoms with Gasteiger partial charge in [0.2, 0.25) is 10.0 Å². The Labute approximate surface area is 149 Å². The Balaban J connectivity index is 1.48. The molecule has 144 valence electrons. The van der Waals surface area contributed by atoms with E-state index in [1.165, 1.54) is 18.9 Å². The number of nitrogens with one attached hydrogen (secondary N) is 1. The molecule has 0 bridgehead atoms. The lowest BCUT2D eigenvalue weighted by Gasteiger charge is -2.35. The molecule has 0 amide bonds. The Morgan fingerprint density at radius 1 is 1.27 bits per heavy atom. The van der Waals surface area contributed by atoms with E-state index in [0.29, 0.717) is 25.5 Å². The molecule has 0 spiro atoms. The summed E-state index contributed by atoms with van der Waals surface area (Å²) in [5, 5.41) is 0. The van der Waals surface area contributed by atoms with Crippen molar-refractivity contribution >= 4 is 10.0 Å². The number of alkyl halides is 3. The van der Waals surface area contributed by atoms with Crippen molar-refractivity contribution in [2.45, 2.75) is 48.5 Å². The molecule has 3 atom stereocenters. The van der Waals surface area contributed by atoms with Crippen LogP contribution in [0.15, 0.2) is 23.2 Å². The van der Waals surface area contributed by atoms with Crippen LogP contribution in [0.5, 0.6) is 0 Å². The minimum atomic E-state index is -4.83. The maximum absolute atomic E-state index is 13.1. The Hall–Kier alpha value is -1.23. The van der Waals surface area contributed by atoms with Crippen molar-refractivity contribution in [1.29, 1.82) is 0 Å². The van der Waals surface area contributed by atoms with Gasteiger partial charge in [-0.15, -0.1) is 0 Å². The molecular weight excluding hydrogens is 371 g/mol. The maximum atomic E-state index is 13.1. The van der Waals surface area contributed by atoms with Crippen molar-refractivity contribution in [3.05, 3.63) is 24.0 Å². The highest BCUT2D eigenvalue weighted by Gasteiger charge is 2.44. The van der Waals surface area contributed by atoms with Gasteiger partial charge in [-0.2, -0.15) is 13.2 Å². The predicted molar refractivity (Wildman–Crippen MR) is 85.8 cm³/mol. The molecule has 2 aliphatic heterocycles. The lowest BCUT2D eigenvalue weighted by Crippen LogP contribution is -2.47. The summed E-state index contributed by atoms with van der Waals surface area (Å²) >= 11 is 0. The van der Waals surface area contributed by atoms with E-state index in [1.807, 2.05) is 0 Å². The van der Waals surface area contributed by atoms with Crippen molar-refractivity contribution in [3.8, 4) is 0 Å². The van der Waals surface area contributed by atoms with Crippen molar-refractivity contribution in [2.24, 2.45) is 5.92 Å².